The average molecular weight is 328 g/mol. The maximum Gasteiger partial charge on any atom is 0.261 e. The predicted molar refractivity (Wildman–Crippen MR) is 81.1 cm³/mol. The van der Waals surface area contributed by atoms with Crippen LogP contribution in [0.3, 0.4) is 0 Å². The molecule has 1 aromatic rings. The van der Waals surface area contributed by atoms with Gasteiger partial charge in [0.2, 0.25) is 0 Å². The van der Waals surface area contributed by atoms with Crippen LogP contribution < -0.4 is 0 Å². The highest BCUT2D eigenvalue weighted by Crippen LogP contribution is 2.38. The summed E-state index contributed by atoms with van der Waals surface area (Å²) in [5.41, 5.74) is 1.79. The molecule has 1 saturated carbocycles. The van der Waals surface area contributed by atoms with E-state index in [1.165, 1.54) is 12.5 Å². The number of carbonyl (C=O) groups excluding carboxylic acids is 1. The van der Waals surface area contributed by atoms with E-state index < -0.39 is 9.05 Å². The molecule has 0 aromatic heterocycles. The zero-order valence-corrected chi connectivity index (χ0v) is 13.7. The zero-order chi connectivity index (χ0) is 15.4. The van der Waals surface area contributed by atoms with Gasteiger partial charge in [0.25, 0.3) is 15.0 Å². The van der Waals surface area contributed by atoms with Crippen molar-refractivity contribution in [2.24, 2.45) is 5.92 Å². The Labute approximate surface area is 129 Å². The second kappa shape index (κ2) is 4.99. The number of hydrogen-bond donors (Lipinski definition) is 0. The number of halogens is 1. The molecule has 0 spiro atoms. The molecule has 2 atom stereocenters. The fourth-order valence-electron chi connectivity index (χ4n) is 3.54. The third-order valence-corrected chi connectivity index (χ3v) is 6.25. The van der Waals surface area contributed by atoms with Crippen LogP contribution in [-0.2, 0) is 9.05 Å². The largest absolute Gasteiger partial charge is 0.335 e. The van der Waals surface area contributed by atoms with Gasteiger partial charge in [-0.1, -0.05) is 0 Å². The molecular formula is C15H18ClNO3S. The van der Waals surface area contributed by atoms with E-state index in [2.05, 4.69) is 0 Å². The summed E-state index contributed by atoms with van der Waals surface area (Å²) in [5.74, 6) is 0.536. The lowest BCUT2D eigenvalue weighted by atomic mass is 10.0. The van der Waals surface area contributed by atoms with E-state index in [4.69, 9.17) is 10.7 Å². The summed E-state index contributed by atoms with van der Waals surface area (Å²) >= 11 is 0. The van der Waals surface area contributed by atoms with Crippen molar-refractivity contribution in [3.63, 3.8) is 0 Å². The van der Waals surface area contributed by atoms with Gasteiger partial charge in [-0.3, -0.25) is 4.79 Å². The van der Waals surface area contributed by atoms with Gasteiger partial charge in [0.05, 0.1) is 4.90 Å². The highest BCUT2D eigenvalue weighted by Gasteiger charge is 2.40. The van der Waals surface area contributed by atoms with E-state index in [1.54, 1.807) is 19.9 Å². The molecule has 1 aromatic carbocycles. The second-order valence-electron chi connectivity index (χ2n) is 6.14. The highest BCUT2D eigenvalue weighted by molar-refractivity contribution is 8.13. The van der Waals surface area contributed by atoms with Gasteiger partial charge >= 0.3 is 0 Å². The quantitative estimate of drug-likeness (QED) is 0.785. The smallest absolute Gasteiger partial charge is 0.261 e. The van der Waals surface area contributed by atoms with Crippen LogP contribution in [0.4, 0.5) is 0 Å². The van der Waals surface area contributed by atoms with Crippen LogP contribution in [0.2, 0.25) is 0 Å². The molecule has 2 unspecified atom stereocenters. The predicted octanol–water partition coefficient (Wildman–Crippen LogP) is 2.86. The first-order valence-corrected chi connectivity index (χ1v) is 9.45. The molecule has 21 heavy (non-hydrogen) atoms. The van der Waals surface area contributed by atoms with Crippen molar-refractivity contribution in [3.8, 4) is 0 Å². The Morgan fingerprint density at radius 1 is 1.29 bits per heavy atom. The van der Waals surface area contributed by atoms with Crippen LogP contribution in [0, 0.1) is 19.8 Å². The van der Waals surface area contributed by atoms with Crippen LogP contribution in [0.25, 0.3) is 0 Å². The molecule has 3 rings (SSSR count). The van der Waals surface area contributed by atoms with Crippen molar-refractivity contribution in [1.29, 1.82) is 0 Å². The number of likely N-dealkylation sites (tertiary alicyclic amines) is 1. The minimum absolute atomic E-state index is 0.0388. The minimum Gasteiger partial charge on any atom is -0.335 e. The fraction of sp³-hybridized carbons (Fsp3) is 0.533. The molecule has 0 N–H and O–H groups in total. The fourth-order valence-corrected chi connectivity index (χ4v) is 4.82. The third-order valence-electron chi connectivity index (χ3n) is 4.80. The van der Waals surface area contributed by atoms with Crippen LogP contribution >= 0.6 is 10.7 Å². The first kappa shape index (κ1) is 14.9. The van der Waals surface area contributed by atoms with Gasteiger partial charge in [-0.05, 0) is 62.3 Å². The Morgan fingerprint density at radius 2 is 2.00 bits per heavy atom. The molecule has 6 heteroatoms. The number of aryl methyl sites for hydroxylation is 1. The molecule has 1 aliphatic carbocycles. The Morgan fingerprint density at radius 3 is 2.52 bits per heavy atom. The molecule has 114 valence electrons. The van der Waals surface area contributed by atoms with Crippen molar-refractivity contribution in [2.75, 3.05) is 6.54 Å². The molecule has 1 heterocycles. The maximum absolute atomic E-state index is 12.7. The molecular weight excluding hydrogens is 310 g/mol. The Balaban J connectivity index is 1.99. The number of benzene rings is 1. The molecule has 2 bridgehead atoms. The molecule has 1 amide bonds. The van der Waals surface area contributed by atoms with Gasteiger partial charge in [0.1, 0.15) is 0 Å². The number of nitrogens with zero attached hydrogens (tertiary/aromatic N) is 1. The van der Waals surface area contributed by atoms with Gasteiger partial charge in [0, 0.05) is 28.8 Å². The van der Waals surface area contributed by atoms with Crippen LogP contribution in [0.1, 0.15) is 40.7 Å². The van der Waals surface area contributed by atoms with Crippen LogP contribution in [0.5, 0.6) is 0 Å². The summed E-state index contributed by atoms with van der Waals surface area (Å²) in [7, 11) is 1.64. The molecule has 0 radical (unpaired) electrons. The molecule has 2 aliphatic rings. The monoisotopic (exact) mass is 327 g/mol. The topological polar surface area (TPSA) is 54.5 Å². The van der Waals surface area contributed by atoms with Crippen LogP contribution in [0.15, 0.2) is 17.0 Å². The van der Waals surface area contributed by atoms with Gasteiger partial charge in [-0.2, -0.15) is 0 Å². The normalized spacial score (nSPS) is 24.6. The SMILES string of the molecule is Cc1cc(C(=O)N2CC3CCC2C3)cc(S(=O)(=O)Cl)c1C. The lowest BCUT2D eigenvalue weighted by Gasteiger charge is -2.27. The Kier molecular flexibility index (Phi) is 3.53. The van der Waals surface area contributed by atoms with E-state index in [-0.39, 0.29) is 10.8 Å². The first-order chi connectivity index (χ1) is 9.77. The standard InChI is InChI=1S/C15H18ClNO3S/c1-9-5-12(7-14(10(9)2)21(16,19)20)15(18)17-8-11-3-4-13(17)6-11/h5,7,11,13H,3-4,6,8H2,1-2H3. The van der Waals surface area contributed by atoms with Gasteiger partial charge in [0.15, 0.2) is 0 Å². The summed E-state index contributed by atoms with van der Waals surface area (Å²) in [4.78, 5) is 14.6. The lowest BCUT2D eigenvalue weighted by Crippen LogP contribution is -2.37. The Bertz CT molecular complexity index is 714. The van der Waals surface area contributed by atoms with Gasteiger partial charge < -0.3 is 4.90 Å². The minimum atomic E-state index is -3.84. The molecule has 4 nitrogen and oxygen atoms in total. The summed E-state index contributed by atoms with van der Waals surface area (Å²) in [5, 5.41) is 0. The third kappa shape index (κ3) is 2.57. The van der Waals surface area contributed by atoms with E-state index in [1.807, 2.05) is 4.90 Å². The van der Waals surface area contributed by atoms with Crippen molar-refractivity contribution in [1.82, 2.24) is 4.90 Å². The van der Waals surface area contributed by atoms with E-state index in [0.29, 0.717) is 23.1 Å². The maximum atomic E-state index is 12.7. The van der Waals surface area contributed by atoms with Gasteiger partial charge in [-0.15, -0.1) is 0 Å². The lowest BCUT2D eigenvalue weighted by molar-refractivity contribution is 0.0703. The van der Waals surface area contributed by atoms with Crippen LogP contribution in [-0.4, -0.2) is 31.8 Å². The number of piperidine rings is 1. The molecule has 1 aliphatic heterocycles. The van der Waals surface area contributed by atoms with Crippen molar-refractivity contribution < 1.29 is 13.2 Å². The van der Waals surface area contributed by atoms with Crippen molar-refractivity contribution in [3.05, 3.63) is 28.8 Å². The molecule has 2 fully saturated rings. The van der Waals surface area contributed by atoms with Crippen molar-refractivity contribution in [2.45, 2.75) is 44.0 Å². The molecule has 1 saturated heterocycles. The number of amides is 1. The van der Waals surface area contributed by atoms with E-state index in [9.17, 15) is 13.2 Å². The second-order valence-corrected chi connectivity index (χ2v) is 8.68. The van der Waals surface area contributed by atoms with Gasteiger partial charge in [-0.25, -0.2) is 8.42 Å². The summed E-state index contributed by atoms with van der Waals surface area (Å²) in [6, 6.07) is 3.49. The summed E-state index contributed by atoms with van der Waals surface area (Å²) in [6.07, 6.45) is 3.34. The summed E-state index contributed by atoms with van der Waals surface area (Å²) in [6.45, 7) is 4.30. The number of fused-ring (bicyclic) bond motifs is 2. The van der Waals surface area contributed by atoms with Crippen molar-refractivity contribution >= 4 is 25.6 Å². The summed E-state index contributed by atoms with van der Waals surface area (Å²) < 4.78 is 23.3. The Hall–Kier alpha value is -1.07. The first-order valence-electron chi connectivity index (χ1n) is 7.14. The zero-order valence-electron chi connectivity index (χ0n) is 12.1. The van der Waals surface area contributed by atoms with E-state index >= 15 is 0 Å². The van der Waals surface area contributed by atoms with E-state index in [0.717, 1.165) is 24.9 Å². The average Bonchev–Trinajstić information content (AvgIpc) is 3.01. The number of carbonyl (C=O) groups is 1. The number of hydrogen-bond acceptors (Lipinski definition) is 3. The highest BCUT2D eigenvalue weighted by atomic mass is 35.7. The number of rotatable bonds is 2.